The summed E-state index contributed by atoms with van der Waals surface area (Å²) in [5.41, 5.74) is 0. The van der Waals surface area contributed by atoms with Crippen molar-refractivity contribution in [3.63, 3.8) is 0 Å². The van der Waals surface area contributed by atoms with Crippen LogP contribution in [0.4, 0.5) is 0 Å². The fourth-order valence-corrected chi connectivity index (χ4v) is 3.13. The van der Waals surface area contributed by atoms with Gasteiger partial charge in [0.1, 0.15) is 0 Å². The molecule has 0 aliphatic carbocycles. The molecular weight excluding hydrogens is 246 g/mol. The van der Waals surface area contributed by atoms with E-state index in [0.29, 0.717) is 0 Å². The van der Waals surface area contributed by atoms with Crippen LogP contribution >= 0.6 is 0 Å². The van der Waals surface area contributed by atoms with Gasteiger partial charge in [-0.15, -0.1) is 0 Å². The zero-order chi connectivity index (χ0) is 14.5. The molecule has 1 rings (SSSR count). The molecule has 0 N–H and O–H groups in total. The lowest BCUT2D eigenvalue weighted by Crippen LogP contribution is -2.42. The normalized spacial score (nSPS) is 18.3. The molecule has 1 saturated heterocycles. The Hall–Kier alpha value is -0.0800. The Kier molecular flexibility index (Phi) is 11.4. The van der Waals surface area contributed by atoms with Gasteiger partial charge in [0, 0.05) is 19.1 Å². The van der Waals surface area contributed by atoms with E-state index in [1.165, 1.54) is 70.6 Å². The zero-order valence-electron chi connectivity index (χ0n) is 14.0. The van der Waals surface area contributed by atoms with Crippen molar-refractivity contribution in [3.05, 3.63) is 0 Å². The second-order valence-electron chi connectivity index (χ2n) is 6.47. The molecule has 120 valence electrons. The molecule has 1 heterocycles. The lowest BCUT2D eigenvalue weighted by Gasteiger charge is -2.32. The van der Waals surface area contributed by atoms with E-state index < -0.39 is 0 Å². The molecule has 20 heavy (non-hydrogen) atoms. The van der Waals surface area contributed by atoms with Gasteiger partial charge in [0.05, 0.1) is 13.2 Å². The Morgan fingerprint density at radius 1 is 0.800 bits per heavy atom. The SMILES string of the molecule is CCCCCCCCCCCCC(C)N1CCOCC1. The van der Waals surface area contributed by atoms with Crippen molar-refractivity contribution < 1.29 is 4.74 Å². The summed E-state index contributed by atoms with van der Waals surface area (Å²) in [5, 5.41) is 0. The molecule has 1 aliphatic heterocycles. The molecule has 1 atom stereocenters. The molecule has 0 bridgehead atoms. The van der Waals surface area contributed by atoms with Gasteiger partial charge in [-0.3, -0.25) is 4.90 Å². The molecule has 1 fully saturated rings. The highest BCUT2D eigenvalue weighted by Gasteiger charge is 2.15. The van der Waals surface area contributed by atoms with Crippen LogP contribution in [0.25, 0.3) is 0 Å². The van der Waals surface area contributed by atoms with Gasteiger partial charge in [0.25, 0.3) is 0 Å². The van der Waals surface area contributed by atoms with E-state index >= 15 is 0 Å². The first kappa shape index (κ1) is 18.0. The predicted octanol–water partition coefficient (Wildman–Crippen LogP) is 5.02. The van der Waals surface area contributed by atoms with Crippen molar-refractivity contribution in [1.82, 2.24) is 4.90 Å². The lowest BCUT2D eigenvalue weighted by molar-refractivity contribution is 0.0181. The highest BCUT2D eigenvalue weighted by molar-refractivity contribution is 4.69. The molecule has 2 heteroatoms. The van der Waals surface area contributed by atoms with E-state index in [4.69, 9.17) is 4.74 Å². The summed E-state index contributed by atoms with van der Waals surface area (Å²) in [5.74, 6) is 0. The second kappa shape index (κ2) is 12.6. The van der Waals surface area contributed by atoms with Gasteiger partial charge in [-0.2, -0.15) is 0 Å². The third-order valence-electron chi connectivity index (χ3n) is 4.64. The highest BCUT2D eigenvalue weighted by Crippen LogP contribution is 2.14. The summed E-state index contributed by atoms with van der Waals surface area (Å²) in [7, 11) is 0. The first-order valence-corrected chi connectivity index (χ1v) is 9.16. The topological polar surface area (TPSA) is 12.5 Å². The minimum absolute atomic E-state index is 0.757. The molecule has 0 saturated carbocycles. The Balaban J connectivity index is 1.82. The number of unbranched alkanes of at least 4 members (excludes halogenated alkanes) is 9. The number of ether oxygens (including phenoxy) is 1. The maximum absolute atomic E-state index is 5.41. The summed E-state index contributed by atoms with van der Waals surface area (Å²) < 4.78 is 5.41. The first-order chi connectivity index (χ1) is 9.84. The third kappa shape index (κ3) is 8.97. The first-order valence-electron chi connectivity index (χ1n) is 9.16. The van der Waals surface area contributed by atoms with Crippen LogP contribution in [0.15, 0.2) is 0 Å². The quantitative estimate of drug-likeness (QED) is 0.466. The van der Waals surface area contributed by atoms with Gasteiger partial charge in [0.2, 0.25) is 0 Å². The summed E-state index contributed by atoms with van der Waals surface area (Å²) in [6.07, 6.45) is 15.7. The standard InChI is InChI=1S/C18H37NO/c1-3-4-5-6-7-8-9-10-11-12-13-18(2)19-14-16-20-17-15-19/h18H,3-17H2,1-2H3. The van der Waals surface area contributed by atoms with Crippen LogP contribution in [-0.2, 0) is 4.74 Å². The maximum atomic E-state index is 5.41. The number of nitrogens with zero attached hydrogens (tertiary/aromatic N) is 1. The fraction of sp³-hybridized carbons (Fsp3) is 1.00. The number of hydrogen-bond acceptors (Lipinski definition) is 2. The van der Waals surface area contributed by atoms with Crippen molar-refractivity contribution in [1.29, 1.82) is 0 Å². The Bertz CT molecular complexity index is 202. The van der Waals surface area contributed by atoms with E-state index in [-0.39, 0.29) is 0 Å². The van der Waals surface area contributed by atoms with Crippen LogP contribution in [0.1, 0.15) is 84.5 Å². The Labute approximate surface area is 127 Å². The molecule has 0 aromatic rings. The van der Waals surface area contributed by atoms with E-state index in [1.807, 2.05) is 0 Å². The average molecular weight is 284 g/mol. The minimum Gasteiger partial charge on any atom is -0.379 e. The summed E-state index contributed by atoms with van der Waals surface area (Å²) in [4.78, 5) is 2.59. The lowest BCUT2D eigenvalue weighted by atomic mass is 10.0. The van der Waals surface area contributed by atoms with Crippen molar-refractivity contribution in [2.75, 3.05) is 26.3 Å². The van der Waals surface area contributed by atoms with Crippen molar-refractivity contribution in [2.45, 2.75) is 90.5 Å². The van der Waals surface area contributed by atoms with Gasteiger partial charge in [-0.1, -0.05) is 71.1 Å². The predicted molar refractivity (Wildman–Crippen MR) is 88.3 cm³/mol. The second-order valence-corrected chi connectivity index (χ2v) is 6.47. The Morgan fingerprint density at radius 3 is 1.85 bits per heavy atom. The zero-order valence-corrected chi connectivity index (χ0v) is 14.0. The van der Waals surface area contributed by atoms with Crippen LogP contribution in [0, 0.1) is 0 Å². The third-order valence-corrected chi connectivity index (χ3v) is 4.64. The number of rotatable bonds is 12. The van der Waals surface area contributed by atoms with Crippen LogP contribution in [0.5, 0.6) is 0 Å². The van der Waals surface area contributed by atoms with Crippen molar-refractivity contribution >= 4 is 0 Å². The highest BCUT2D eigenvalue weighted by atomic mass is 16.5. The van der Waals surface area contributed by atoms with Crippen LogP contribution in [-0.4, -0.2) is 37.2 Å². The van der Waals surface area contributed by atoms with Crippen molar-refractivity contribution in [3.8, 4) is 0 Å². The molecule has 1 aliphatic rings. The van der Waals surface area contributed by atoms with E-state index in [0.717, 1.165) is 32.3 Å². The monoisotopic (exact) mass is 283 g/mol. The molecule has 2 nitrogen and oxygen atoms in total. The molecule has 0 aromatic heterocycles. The smallest absolute Gasteiger partial charge is 0.0594 e. The molecule has 0 radical (unpaired) electrons. The molecular formula is C18H37NO. The van der Waals surface area contributed by atoms with Gasteiger partial charge in [0.15, 0.2) is 0 Å². The van der Waals surface area contributed by atoms with Crippen LogP contribution < -0.4 is 0 Å². The van der Waals surface area contributed by atoms with E-state index in [2.05, 4.69) is 18.7 Å². The van der Waals surface area contributed by atoms with Gasteiger partial charge in [-0.05, 0) is 13.3 Å². The maximum Gasteiger partial charge on any atom is 0.0594 e. The molecule has 1 unspecified atom stereocenters. The molecule has 0 spiro atoms. The molecule has 0 aromatic carbocycles. The minimum atomic E-state index is 0.757. The summed E-state index contributed by atoms with van der Waals surface area (Å²) in [6, 6.07) is 0.757. The summed E-state index contributed by atoms with van der Waals surface area (Å²) in [6.45, 7) is 8.82. The van der Waals surface area contributed by atoms with E-state index in [1.54, 1.807) is 0 Å². The number of morpholine rings is 1. The number of hydrogen-bond donors (Lipinski definition) is 0. The summed E-state index contributed by atoms with van der Waals surface area (Å²) >= 11 is 0. The largest absolute Gasteiger partial charge is 0.379 e. The molecule has 0 amide bonds. The van der Waals surface area contributed by atoms with Gasteiger partial charge in [-0.25, -0.2) is 0 Å². The average Bonchev–Trinajstić information content (AvgIpc) is 2.50. The van der Waals surface area contributed by atoms with Crippen LogP contribution in [0.3, 0.4) is 0 Å². The van der Waals surface area contributed by atoms with Gasteiger partial charge >= 0.3 is 0 Å². The van der Waals surface area contributed by atoms with Crippen LogP contribution in [0.2, 0.25) is 0 Å². The fourth-order valence-electron chi connectivity index (χ4n) is 3.13. The Morgan fingerprint density at radius 2 is 1.30 bits per heavy atom. The van der Waals surface area contributed by atoms with E-state index in [9.17, 15) is 0 Å². The van der Waals surface area contributed by atoms with Crippen molar-refractivity contribution in [2.24, 2.45) is 0 Å². The van der Waals surface area contributed by atoms with Gasteiger partial charge < -0.3 is 4.74 Å².